The molecule has 5 heteroatoms. The molecular formula is C50H29N5. The van der Waals surface area contributed by atoms with E-state index >= 15 is 0 Å². The smallest absolute Gasteiger partial charge is 0.188 e. The molecule has 5 nitrogen and oxygen atoms in total. The van der Waals surface area contributed by atoms with E-state index in [1.807, 2.05) is 36.4 Å². The summed E-state index contributed by atoms with van der Waals surface area (Å²) in [5.41, 5.74) is 12.7. The Bertz CT molecular complexity index is 3420. The van der Waals surface area contributed by atoms with Gasteiger partial charge in [0.05, 0.1) is 57.0 Å². The first-order valence-electron chi connectivity index (χ1n) is 18.3. The van der Waals surface area contributed by atoms with Crippen molar-refractivity contribution in [3.8, 4) is 34.3 Å². The second-order valence-electron chi connectivity index (χ2n) is 14.0. The Hall–Kier alpha value is -7.86. The second kappa shape index (κ2) is 11.8. The molecular weight excluding hydrogens is 671 g/mol. The largest absolute Gasteiger partial charge is 0.309 e. The first-order chi connectivity index (χ1) is 27.2. The Balaban J connectivity index is 1.14. The van der Waals surface area contributed by atoms with Crippen LogP contribution in [0.5, 0.6) is 0 Å². The Labute approximate surface area is 316 Å². The van der Waals surface area contributed by atoms with Gasteiger partial charge >= 0.3 is 0 Å². The summed E-state index contributed by atoms with van der Waals surface area (Å²) in [7, 11) is 0. The van der Waals surface area contributed by atoms with Gasteiger partial charge in [-0.05, 0) is 89.8 Å². The number of nitrogens with zero attached hydrogens (tertiary/aromatic N) is 5. The maximum atomic E-state index is 10.5. The fourth-order valence-corrected chi connectivity index (χ4v) is 8.74. The number of hydrogen-bond donors (Lipinski definition) is 0. The van der Waals surface area contributed by atoms with Crippen molar-refractivity contribution in [1.82, 2.24) is 13.7 Å². The normalized spacial score (nSPS) is 11.6. The van der Waals surface area contributed by atoms with Gasteiger partial charge in [-0.3, -0.25) is 0 Å². The highest BCUT2D eigenvalue weighted by atomic mass is 15.0. The van der Waals surface area contributed by atoms with Crippen molar-refractivity contribution in [2.45, 2.75) is 0 Å². The summed E-state index contributed by atoms with van der Waals surface area (Å²) >= 11 is 0. The third-order valence-electron chi connectivity index (χ3n) is 11.0. The van der Waals surface area contributed by atoms with Crippen molar-refractivity contribution < 1.29 is 0 Å². The van der Waals surface area contributed by atoms with Crippen LogP contribution in [0.15, 0.2) is 176 Å². The lowest BCUT2D eigenvalue weighted by Crippen LogP contribution is -1.99. The summed E-state index contributed by atoms with van der Waals surface area (Å²) in [6.45, 7) is 7.65. The zero-order chi connectivity index (χ0) is 36.6. The van der Waals surface area contributed by atoms with Crippen LogP contribution in [0.3, 0.4) is 0 Å². The van der Waals surface area contributed by atoms with E-state index in [1.54, 1.807) is 0 Å². The molecule has 3 aromatic heterocycles. The minimum absolute atomic E-state index is 0.582. The Morgan fingerprint density at radius 2 is 0.909 bits per heavy atom. The molecule has 11 aromatic rings. The van der Waals surface area contributed by atoms with Crippen LogP contribution in [0.1, 0.15) is 5.56 Å². The molecule has 0 spiro atoms. The van der Waals surface area contributed by atoms with Gasteiger partial charge in [0.2, 0.25) is 0 Å². The third-order valence-corrected chi connectivity index (χ3v) is 11.0. The Morgan fingerprint density at radius 1 is 0.418 bits per heavy atom. The van der Waals surface area contributed by atoms with Gasteiger partial charge in [-0.2, -0.15) is 5.26 Å². The molecule has 0 saturated heterocycles. The van der Waals surface area contributed by atoms with Crippen LogP contribution in [0.4, 0.5) is 5.69 Å². The zero-order valence-corrected chi connectivity index (χ0v) is 29.5. The van der Waals surface area contributed by atoms with Crippen molar-refractivity contribution in [3.63, 3.8) is 0 Å². The minimum atomic E-state index is 0.582. The SMILES string of the molecule is [C-]#[N+]c1ccc2c(c1)c1ccccc1n2-c1ccccc1-c1cc(C#N)cc(-n2c3ccccc3c3cc(-n4c5ccccc5c5ccccc54)ccc32)c1. The molecule has 0 aliphatic rings. The van der Waals surface area contributed by atoms with Crippen molar-refractivity contribution in [2.24, 2.45) is 0 Å². The molecule has 0 fully saturated rings. The minimum Gasteiger partial charge on any atom is -0.309 e. The molecule has 0 aliphatic heterocycles. The third kappa shape index (κ3) is 4.51. The van der Waals surface area contributed by atoms with Crippen LogP contribution in [-0.2, 0) is 0 Å². The van der Waals surface area contributed by atoms with E-state index in [0.29, 0.717) is 11.3 Å². The topological polar surface area (TPSA) is 42.9 Å². The van der Waals surface area contributed by atoms with Gasteiger partial charge in [0.15, 0.2) is 5.69 Å². The van der Waals surface area contributed by atoms with E-state index in [4.69, 9.17) is 6.57 Å². The van der Waals surface area contributed by atoms with E-state index < -0.39 is 0 Å². The molecule has 254 valence electrons. The highest BCUT2D eigenvalue weighted by molar-refractivity contribution is 6.13. The fraction of sp³-hybridized carbons (Fsp3) is 0. The van der Waals surface area contributed by atoms with Crippen molar-refractivity contribution in [1.29, 1.82) is 5.26 Å². The van der Waals surface area contributed by atoms with Crippen LogP contribution >= 0.6 is 0 Å². The molecule has 0 aliphatic carbocycles. The fourth-order valence-electron chi connectivity index (χ4n) is 8.74. The first kappa shape index (κ1) is 30.7. The van der Waals surface area contributed by atoms with Crippen LogP contribution in [0, 0.1) is 17.9 Å². The van der Waals surface area contributed by atoms with Crippen molar-refractivity contribution in [3.05, 3.63) is 193 Å². The summed E-state index contributed by atoms with van der Waals surface area (Å²) < 4.78 is 6.93. The molecule has 0 N–H and O–H groups in total. The van der Waals surface area contributed by atoms with Gasteiger partial charge in [-0.15, -0.1) is 0 Å². The first-order valence-corrected chi connectivity index (χ1v) is 18.3. The standard InChI is InChI=1S/C50H29N5/c1-52-34-22-24-50-42(29-34)40-15-6-11-21-48(40)55(50)44-17-7-2-12-37(44)33-26-32(31-51)27-36(28-33)54-47-20-10-5-16-41(47)43-30-35(23-25-49(43)54)53-45-18-8-3-13-38(45)39-14-4-9-19-46(39)53/h2-30H. The lowest BCUT2D eigenvalue weighted by molar-refractivity contribution is 1.16. The molecule has 0 unspecified atom stereocenters. The van der Waals surface area contributed by atoms with E-state index in [9.17, 15) is 5.26 Å². The zero-order valence-electron chi connectivity index (χ0n) is 29.5. The van der Waals surface area contributed by atoms with E-state index in [0.717, 1.165) is 71.8 Å². The number of rotatable bonds is 4. The Kier molecular flexibility index (Phi) is 6.61. The quantitative estimate of drug-likeness (QED) is 0.169. The van der Waals surface area contributed by atoms with Crippen LogP contribution in [0.25, 0.3) is 98.5 Å². The maximum Gasteiger partial charge on any atom is 0.188 e. The highest BCUT2D eigenvalue weighted by Gasteiger charge is 2.20. The number of para-hydroxylation sites is 5. The lowest BCUT2D eigenvalue weighted by Gasteiger charge is -2.16. The lowest BCUT2D eigenvalue weighted by atomic mass is 10.00. The molecule has 0 bridgehead atoms. The van der Waals surface area contributed by atoms with E-state index in [1.165, 1.54) is 21.8 Å². The van der Waals surface area contributed by atoms with Gasteiger partial charge in [-0.1, -0.05) is 97.1 Å². The van der Waals surface area contributed by atoms with Gasteiger partial charge < -0.3 is 13.7 Å². The summed E-state index contributed by atoms with van der Waals surface area (Å²) in [6.07, 6.45) is 0. The molecule has 11 rings (SSSR count). The average Bonchev–Trinajstić information content (AvgIpc) is 3.88. The monoisotopic (exact) mass is 699 g/mol. The van der Waals surface area contributed by atoms with Gasteiger partial charge in [0.25, 0.3) is 0 Å². The van der Waals surface area contributed by atoms with Gasteiger partial charge in [0.1, 0.15) is 0 Å². The summed E-state index contributed by atoms with van der Waals surface area (Å²) in [5, 5.41) is 17.3. The molecule has 0 saturated carbocycles. The van der Waals surface area contributed by atoms with Gasteiger partial charge in [-0.25, -0.2) is 4.85 Å². The predicted octanol–water partition coefficient (Wildman–Crippen LogP) is 13.1. The number of aromatic nitrogens is 3. The summed E-state index contributed by atoms with van der Waals surface area (Å²) in [6, 6.07) is 63.8. The molecule has 8 aromatic carbocycles. The van der Waals surface area contributed by atoms with E-state index in [2.05, 4.69) is 164 Å². The molecule has 55 heavy (non-hydrogen) atoms. The van der Waals surface area contributed by atoms with Crippen molar-refractivity contribution in [2.75, 3.05) is 0 Å². The Morgan fingerprint density at radius 3 is 1.55 bits per heavy atom. The number of nitriles is 1. The molecule has 0 radical (unpaired) electrons. The van der Waals surface area contributed by atoms with Crippen LogP contribution < -0.4 is 0 Å². The number of hydrogen-bond acceptors (Lipinski definition) is 1. The number of fused-ring (bicyclic) bond motifs is 9. The molecule has 3 heterocycles. The number of benzene rings is 8. The summed E-state index contributed by atoms with van der Waals surface area (Å²) in [5.74, 6) is 0. The second-order valence-corrected chi connectivity index (χ2v) is 14.0. The average molecular weight is 700 g/mol. The predicted molar refractivity (Wildman–Crippen MR) is 226 cm³/mol. The maximum absolute atomic E-state index is 10.5. The highest BCUT2D eigenvalue weighted by Crippen LogP contribution is 2.40. The van der Waals surface area contributed by atoms with Crippen LogP contribution in [-0.4, -0.2) is 13.7 Å². The van der Waals surface area contributed by atoms with E-state index in [-0.39, 0.29) is 0 Å². The van der Waals surface area contributed by atoms with Crippen LogP contribution in [0.2, 0.25) is 0 Å². The molecule has 0 atom stereocenters. The van der Waals surface area contributed by atoms with Gasteiger partial charge in [0, 0.05) is 43.9 Å². The molecule has 0 amide bonds. The summed E-state index contributed by atoms with van der Waals surface area (Å²) in [4.78, 5) is 3.72. The van der Waals surface area contributed by atoms with Crippen molar-refractivity contribution >= 4 is 71.1 Å².